The van der Waals surface area contributed by atoms with Crippen molar-refractivity contribution in [2.45, 2.75) is 26.3 Å². The highest BCUT2D eigenvalue weighted by atomic mass is 35.5. The number of halogens is 1. The lowest BCUT2D eigenvalue weighted by atomic mass is 9.99. The van der Waals surface area contributed by atoms with E-state index in [-0.39, 0.29) is 18.3 Å². The first kappa shape index (κ1) is 27.9. The summed E-state index contributed by atoms with van der Waals surface area (Å²) in [7, 11) is 6.24. The van der Waals surface area contributed by atoms with Crippen LogP contribution in [0.2, 0.25) is 0 Å². The molecule has 3 N–H and O–H groups in total. The number of nitrogens with one attached hydrogen (secondary N) is 1. The van der Waals surface area contributed by atoms with Crippen LogP contribution >= 0.6 is 12.4 Å². The van der Waals surface area contributed by atoms with Crippen molar-refractivity contribution in [1.82, 2.24) is 0 Å². The quantitative estimate of drug-likeness (QED) is 0.480. The number of amides is 1. The topological polar surface area (TPSA) is 117 Å². The van der Waals surface area contributed by atoms with Gasteiger partial charge < -0.3 is 30.0 Å². The Morgan fingerprint density at radius 2 is 1.60 bits per heavy atom. The maximum atomic E-state index is 12.7. The zero-order valence-corrected chi connectivity index (χ0v) is 21.7. The van der Waals surface area contributed by atoms with Crippen molar-refractivity contribution in [3.8, 4) is 23.0 Å². The molecular formula is C25H33ClN4O5. The van der Waals surface area contributed by atoms with Gasteiger partial charge in [-0.1, -0.05) is 19.9 Å². The van der Waals surface area contributed by atoms with Gasteiger partial charge in [0.25, 0.3) is 0 Å². The number of anilines is 1. The van der Waals surface area contributed by atoms with Crippen LogP contribution in [-0.2, 0) is 4.79 Å². The monoisotopic (exact) mass is 504 g/mol. The molecule has 9 nitrogen and oxygen atoms in total. The van der Waals surface area contributed by atoms with Crippen molar-refractivity contribution in [3.63, 3.8) is 0 Å². The van der Waals surface area contributed by atoms with E-state index in [2.05, 4.69) is 15.5 Å². The molecule has 1 aliphatic rings. The van der Waals surface area contributed by atoms with Crippen molar-refractivity contribution >= 4 is 35.3 Å². The molecule has 0 aliphatic carbocycles. The summed E-state index contributed by atoms with van der Waals surface area (Å²) in [6.45, 7) is 4.44. The Bertz CT molecular complexity index is 1090. The predicted octanol–water partition coefficient (Wildman–Crippen LogP) is 4.79. The van der Waals surface area contributed by atoms with Gasteiger partial charge in [0, 0.05) is 11.1 Å². The van der Waals surface area contributed by atoms with Crippen LogP contribution in [0, 0.1) is 5.92 Å². The van der Waals surface area contributed by atoms with Gasteiger partial charge in [0.2, 0.25) is 11.7 Å². The average Bonchev–Trinajstić information content (AvgIpc) is 3.32. The van der Waals surface area contributed by atoms with Gasteiger partial charge in [0.05, 0.1) is 52.4 Å². The van der Waals surface area contributed by atoms with E-state index in [9.17, 15) is 4.79 Å². The molecule has 0 aromatic heterocycles. The Morgan fingerprint density at radius 1 is 0.971 bits per heavy atom. The zero-order valence-electron chi connectivity index (χ0n) is 20.9. The number of methoxy groups -OCH3 is 4. The van der Waals surface area contributed by atoms with Gasteiger partial charge in [-0.05, 0) is 42.2 Å². The zero-order chi connectivity index (χ0) is 24.8. The van der Waals surface area contributed by atoms with E-state index in [0.29, 0.717) is 53.3 Å². The Morgan fingerprint density at radius 3 is 2.14 bits per heavy atom. The van der Waals surface area contributed by atoms with Gasteiger partial charge in [-0.25, -0.2) is 0 Å². The van der Waals surface area contributed by atoms with E-state index in [1.54, 1.807) is 34.5 Å². The highest BCUT2D eigenvalue weighted by Crippen LogP contribution is 2.43. The van der Waals surface area contributed by atoms with Crippen LogP contribution in [0.25, 0.3) is 11.3 Å². The van der Waals surface area contributed by atoms with E-state index in [1.165, 1.54) is 0 Å². The number of ether oxygens (including phenoxy) is 4. The molecule has 1 aliphatic heterocycles. The fourth-order valence-electron chi connectivity index (χ4n) is 3.82. The van der Waals surface area contributed by atoms with E-state index >= 15 is 0 Å². The fraction of sp³-hybridized carbons (Fsp3) is 0.400. The van der Waals surface area contributed by atoms with Crippen molar-refractivity contribution in [2.75, 3.05) is 40.3 Å². The van der Waals surface area contributed by atoms with Crippen LogP contribution in [0.1, 0.15) is 31.4 Å². The molecule has 0 radical (unpaired) electrons. The van der Waals surface area contributed by atoms with Crippen LogP contribution in [0.3, 0.4) is 0 Å². The molecular weight excluding hydrogens is 472 g/mol. The first-order chi connectivity index (χ1) is 16.3. The summed E-state index contributed by atoms with van der Waals surface area (Å²) in [6, 6.07) is 8.61. The van der Waals surface area contributed by atoms with Gasteiger partial charge in [-0.2, -0.15) is 10.2 Å². The van der Waals surface area contributed by atoms with Crippen LogP contribution in [0.5, 0.6) is 23.0 Å². The molecule has 10 heteroatoms. The number of benzene rings is 2. The van der Waals surface area contributed by atoms with Crippen molar-refractivity contribution in [3.05, 3.63) is 41.5 Å². The SMILES string of the molecule is COc1ccc(C2=C(c3cc(OC)c(OC)c(OC)c3)N=NC2)cc1NC(=O)C(N)CC(C)C.Cl. The normalized spacial score (nSPS) is 13.4. The minimum Gasteiger partial charge on any atom is -0.495 e. The largest absolute Gasteiger partial charge is 0.495 e. The molecule has 2 aromatic rings. The highest BCUT2D eigenvalue weighted by molar-refractivity contribution is 5.98. The Balaban J connectivity index is 0.00000432. The van der Waals surface area contributed by atoms with E-state index in [4.69, 9.17) is 24.7 Å². The van der Waals surface area contributed by atoms with Crippen molar-refractivity contribution in [2.24, 2.45) is 21.9 Å². The lowest BCUT2D eigenvalue weighted by Crippen LogP contribution is -2.36. The van der Waals surface area contributed by atoms with Crippen LogP contribution in [0.4, 0.5) is 5.69 Å². The third-order valence-electron chi connectivity index (χ3n) is 5.49. The third kappa shape index (κ3) is 6.23. The Hall–Kier alpha value is -3.30. The first-order valence-corrected chi connectivity index (χ1v) is 11.0. The van der Waals surface area contributed by atoms with Gasteiger partial charge in [0.1, 0.15) is 5.75 Å². The van der Waals surface area contributed by atoms with Crippen molar-refractivity contribution < 1.29 is 23.7 Å². The highest BCUT2D eigenvalue weighted by Gasteiger charge is 2.23. The number of hydrogen-bond donors (Lipinski definition) is 2. The van der Waals surface area contributed by atoms with Crippen LogP contribution in [0.15, 0.2) is 40.6 Å². The standard InChI is InChI=1S/C25H32N4O5.ClH/c1-14(2)9-18(26)25(30)28-19-10-15(7-8-20(19)31-3)17-13-27-29-23(17)16-11-21(32-4)24(34-6)22(12-16)33-5;/h7-8,10-12,14,18H,9,13,26H2,1-6H3,(H,28,30);1H. The van der Waals surface area contributed by atoms with Gasteiger partial charge in [-0.3, -0.25) is 4.79 Å². The average molecular weight is 505 g/mol. The molecule has 1 amide bonds. The molecule has 35 heavy (non-hydrogen) atoms. The van der Waals surface area contributed by atoms with E-state index in [1.807, 2.05) is 38.1 Å². The summed E-state index contributed by atoms with van der Waals surface area (Å²) >= 11 is 0. The van der Waals surface area contributed by atoms with E-state index in [0.717, 1.165) is 16.7 Å². The Kier molecular flexibility index (Phi) is 9.91. The lowest BCUT2D eigenvalue weighted by molar-refractivity contribution is -0.117. The minimum absolute atomic E-state index is 0. The Labute approximate surface area is 212 Å². The molecule has 190 valence electrons. The maximum absolute atomic E-state index is 12.7. The molecule has 0 saturated carbocycles. The summed E-state index contributed by atoms with van der Waals surface area (Å²) in [4.78, 5) is 12.7. The number of nitrogens with two attached hydrogens (primary N) is 1. The second kappa shape index (κ2) is 12.4. The molecule has 3 rings (SSSR count). The summed E-state index contributed by atoms with van der Waals surface area (Å²) in [6.07, 6.45) is 0.585. The molecule has 2 aromatic carbocycles. The number of hydrogen-bond acceptors (Lipinski definition) is 8. The predicted molar refractivity (Wildman–Crippen MR) is 139 cm³/mol. The number of carbonyl (C=O) groups excluding carboxylic acids is 1. The van der Waals surface area contributed by atoms with E-state index < -0.39 is 6.04 Å². The molecule has 1 heterocycles. The molecule has 0 spiro atoms. The van der Waals surface area contributed by atoms with Crippen molar-refractivity contribution in [1.29, 1.82) is 0 Å². The van der Waals surface area contributed by atoms with Gasteiger partial charge in [0.15, 0.2) is 11.5 Å². The number of carbonyl (C=O) groups is 1. The molecule has 1 unspecified atom stereocenters. The van der Waals surface area contributed by atoms with Crippen LogP contribution in [-0.4, -0.2) is 46.9 Å². The minimum atomic E-state index is -0.612. The first-order valence-electron chi connectivity index (χ1n) is 11.0. The summed E-state index contributed by atoms with van der Waals surface area (Å²) in [5, 5.41) is 11.5. The third-order valence-corrected chi connectivity index (χ3v) is 5.49. The number of rotatable bonds is 10. The summed E-state index contributed by atoms with van der Waals surface area (Å²) in [5.74, 6) is 2.12. The summed E-state index contributed by atoms with van der Waals surface area (Å²) in [5.41, 5.74) is 9.79. The fourth-order valence-corrected chi connectivity index (χ4v) is 3.82. The maximum Gasteiger partial charge on any atom is 0.241 e. The molecule has 1 atom stereocenters. The second-order valence-corrected chi connectivity index (χ2v) is 8.28. The van der Waals surface area contributed by atoms with Gasteiger partial charge >= 0.3 is 0 Å². The lowest BCUT2D eigenvalue weighted by Gasteiger charge is -2.17. The second-order valence-electron chi connectivity index (χ2n) is 8.28. The molecule has 0 fully saturated rings. The number of azo groups is 1. The summed E-state index contributed by atoms with van der Waals surface area (Å²) < 4.78 is 21.9. The molecule has 0 bridgehead atoms. The smallest absolute Gasteiger partial charge is 0.241 e. The molecule has 0 saturated heterocycles. The van der Waals surface area contributed by atoms with Gasteiger partial charge in [-0.15, -0.1) is 12.4 Å². The number of nitrogens with zero attached hydrogens (tertiary/aromatic N) is 2. The van der Waals surface area contributed by atoms with Crippen LogP contribution < -0.4 is 30.0 Å².